The third-order valence-corrected chi connectivity index (χ3v) is 6.38. The van der Waals surface area contributed by atoms with Gasteiger partial charge in [-0.25, -0.2) is 9.97 Å². The lowest BCUT2D eigenvalue weighted by Crippen LogP contribution is -2.54. The Hall–Kier alpha value is -1.50. The number of methoxy groups -OCH3 is 1. The van der Waals surface area contributed by atoms with Gasteiger partial charge >= 0.3 is 0 Å². The zero-order valence-corrected chi connectivity index (χ0v) is 13.5. The maximum absolute atomic E-state index is 12.6. The Kier molecular flexibility index (Phi) is 4.92. The van der Waals surface area contributed by atoms with E-state index in [4.69, 9.17) is 4.74 Å². The summed E-state index contributed by atoms with van der Waals surface area (Å²) in [5.41, 5.74) is 0.315. The van der Waals surface area contributed by atoms with Gasteiger partial charge in [-0.15, -0.1) is 0 Å². The molecule has 2 heterocycles. The first kappa shape index (κ1) is 15.9. The molecule has 2 rings (SSSR count). The van der Waals surface area contributed by atoms with E-state index in [0.717, 1.165) is 12.8 Å². The molecule has 1 saturated heterocycles. The van der Waals surface area contributed by atoms with Crippen molar-refractivity contribution in [1.82, 2.24) is 14.9 Å². The van der Waals surface area contributed by atoms with Crippen LogP contribution in [0.25, 0.3) is 0 Å². The van der Waals surface area contributed by atoms with Gasteiger partial charge in [0.2, 0.25) is 5.88 Å². The van der Waals surface area contributed by atoms with Crippen LogP contribution in [-0.4, -0.2) is 55.7 Å². The number of rotatable bonds is 4. The highest BCUT2D eigenvalue weighted by Crippen LogP contribution is 2.29. The number of ether oxygens (including phenoxy) is 1. The van der Waals surface area contributed by atoms with E-state index in [1.54, 1.807) is 4.90 Å². The second-order valence-electron chi connectivity index (χ2n) is 5.11. The Bertz CT molecular complexity index is 546. The minimum absolute atomic E-state index is 0.154. The van der Waals surface area contributed by atoms with Crippen molar-refractivity contribution in [3.8, 4) is 5.88 Å². The molecule has 1 unspecified atom stereocenters. The van der Waals surface area contributed by atoms with E-state index in [-0.39, 0.29) is 10.7 Å². The second kappa shape index (κ2) is 6.51. The van der Waals surface area contributed by atoms with Crippen molar-refractivity contribution in [2.45, 2.75) is 31.4 Å². The number of carbonyl (C=O) groups is 1. The zero-order chi connectivity index (χ0) is 15.5. The van der Waals surface area contributed by atoms with Gasteiger partial charge in [0.1, 0.15) is 12.0 Å². The SMILES string of the molecule is CCC1(CC)CN(C(=O)c2cc(OC)ncn2)CCS1=O. The summed E-state index contributed by atoms with van der Waals surface area (Å²) in [6.45, 7) is 5.07. The van der Waals surface area contributed by atoms with Crippen molar-refractivity contribution in [2.75, 3.05) is 26.0 Å². The van der Waals surface area contributed by atoms with E-state index in [9.17, 15) is 9.00 Å². The molecule has 1 aromatic rings. The Morgan fingerprint density at radius 1 is 1.43 bits per heavy atom. The van der Waals surface area contributed by atoms with E-state index in [1.165, 1.54) is 19.5 Å². The average Bonchev–Trinajstić information content (AvgIpc) is 2.55. The van der Waals surface area contributed by atoms with Crippen LogP contribution in [0, 0.1) is 0 Å². The highest BCUT2D eigenvalue weighted by Gasteiger charge is 2.40. The highest BCUT2D eigenvalue weighted by molar-refractivity contribution is 7.86. The Balaban J connectivity index is 2.21. The van der Waals surface area contributed by atoms with Crippen LogP contribution in [0.4, 0.5) is 0 Å². The van der Waals surface area contributed by atoms with Crippen LogP contribution in [0.5, 0.6) is 5.88 Å². The standard InChI is InChI=1S/C14H21N3O3S/c1-4-14(5-2)9-17(6-7-21(14)19)13(18)11-8-12(20-3)16-10-15-11/h8,10H,4-7,9H2,1-3H3. The van der Waals surface area contributed by atoms with Gasteiger partial charge in [-0.3, -0.25) is 9.00 Å². The van der Waals surface area contributed by atoms with E-state index in [2.05, 4.69) is 9.97 Å². The van der Waals surface area contributed by atoms with Gasteiger partial charge < -0.3 is 9.64 Å². The lowest BCUT2D eigenvalue weighted by Gasteiger charge is -2.40. The van der Waals surface area contributed by atoms with Crippen molar-refractivity contribution in [3.05, 3.63) is 18.1 Å². The summed E-state index contributed by atoms with van der Waals surface area (Å²) < 4.78 is 17.0. The number of hydrogen-bond acceptors (Lipinski definition) is 5. The normalized spacial score (nSPS) is 21.1. The molecule has 7 heteroatoms. The Morgan fingerprint density at radius 3 is 2.76 bits per heavy atom. The van der Waals surface area contributed by atoms with Crippen molar-refractivity contribution in [2.24, 2.45) is 0 Å². The molecule has 0 bridgehead atoms. The van der Waals surface area contributed by atoms with E-state index in [1.807, 2.05) is 13.8 Å². The summed E-state index contributed by atoms with van der Waals surface area (Å²) in [6, 6.07) is 1.54. The minimum Gasteiger partial charge on any atom is -0.481 e. The molecular weight excluding hydrogens is 290 g/mol. The first-order chi connectivity index (χ1) is 10.1. The van der Waals surface area contributed by atoms with Crippen molar-refractivity contribution in [1.29, 1.82) is 0 Å². The topological polar surface area (TPSA) is 72.4 Å². The van der Waals surface area contributed by atoms with Gasteiger partial charge in [0.25, 0.3) is 5.91 Å². The Labute approximate surface area is 127 Å². The lowest BCUT2D eigenvalue weighted by atomic mass is 10.0. The molecule has 0 N–H and O–H groups in total. The van der Waals surface area contributed by atoms with Gasteiger partial charge in [-0.05, 0) is 12.8 Å². The molecule has 0 aliphatic carbocycles. The molecule has 1 atom stereocenters. The minimum atomic E-state index is -0.888. The number of nitrogens with zero attached hydrogens (tertiary/aromatic N) is 3. The molecule has 1 aliphatic rings. The summed E-state index contributed by atoms with van der Waals surface area (Å²) in [6.07, 6.45) is 2.92. The maximum atomic E-state index is 12.6. The van der Waals surface area contributed by atoms with E-state index in [0.29, 0.717) is 30.4 Å². The Morgan fingerprint density at radius 2 is 2.14 bits per heavy atom. The van der Waals surface area contributed by atoms with Crippen molar-refractivity contribution < 1.29 is 13.7 Å². The number of carbonyl (C=O) groups excluding carboxylic acids is 1. The number of hydrogen-bond donors (Lipinski definition) is 0. The largest absolute Gasteiger partial charge is 0.481 e. The zero-order valence-electron chi connectivity index (χ0n) is 12.7. The molecule has 1 aliphatic heterocycles. The van der Waals surface area contributed by atoms with E-state index >= 15 is 0 Å². The third kappa shape index (κ3) is 3.07. The van der Waals surface area contributed by atoms with Gasteiger partial charge in [-0.1, -0.05) is 13.8 Å². The summed E-state index contributed by atoms with van der Waals surface area (Å²) >= 11 is 0. The monoisotopic (exact) mass is 311 g/mol. The van der Waals surface area contributed by atoms with Crippen LogP contribution in [0.15, 0.2) is 12.4 Å². The van der Waals surface area contributed by atoms with Gasteiger partial charge in [-0.2, -0.15) is 0 Å². The quantitative estimate of drug-likeness (QED) is 0.837. The van der Waals surface area contributed by atoms with Crippen LogP contribution in [0.3, 0.4) is 0 Å². The molecule has 0 aromatic carbocycles. The molecule has 21 heavy (non-hydrogen) atoms. The highest BCUT2D eigenvalue weighted by atomic mass is 32.2. The summed E-state index contributed by atoms with van der Waals surface area (Å²) in [7, 11) is 0.612. The second-order valence-corrected chi connectivity index (χ2v) is 7.08. The van der Waals surface area contributed by atoms with E-state index < -0.39 is 10.8 Å². The van der Waals surface area contributed by atoms with Gasteiger partial charge in [0.15, 0.2) is 0 Å². The molecule has 0 radical (unpaired) electrons. The predicted molar refractivity (Wildman–Crippen MR) is 80.8 cm³/mol. The molecule has 1 amide bonds. The number of amides is 1. The first-order valence-corrected chi connectivity index (χ1v) is 8.42. The van der Waals surface area contributed by atoms with Crippen molar-refractivity contribution >= 4 is 16.7 Å². The molecule has 6 nitrogen and oxygen atoms in total. The predicted octanol–water partition coefficient (Wildman–Crippen LogP) is 1.25. The fraction of sp³-hybridized carbons (Fsp3) is 0.643. The van der Waals surface area contributed by atoms with Gasteiger partial charge in [0.05, 0.1) is 11.9 Å². The van der Waals surface area contributed by atoms with Gasteiger partial charge in [0, 0.05) is 35.7 Å². The van der Waals surface area contributed by atoms with Crippen LogP contribution < -0.4 is 4.74 Å². The van der Waals surface area contributed by atoms with Crippen LogP contribution in [0.2, 0.25) is 0 Å². The van der Waals surface area contributed by atoms with Crippen LogP contribution in [-0.2, 0) is 10.8 Å². The third-order valence-electron chi connectivity index (χ3n) is 4.15. The average molecular weight is 311 g/mol. The molecule has 0 saturated carbocycles. The fourth-order valence-corrected chi connectivity index (χ4v) is 4.37. The number of aromatic nitrogens is 2. The lowest BCUT2D eigenvalue weighted by molar-refractivity contribution is 0.0729. The smallest absolute Gasteiger partial charge is 0.272 e. The molecule has 1 fully saturated rings. The van der Waals surface area contributed by atoms with Crippen LogP contribution >= 0.6 is 0 Å². The van der Waals surface area contributed by atoms with Crippen molar-refractivity contribution in [3.63, 3.8) is 0 Å². The maximum Gasteiger partial charge on any atom is 0.272 e. The summed E-state index contributed by atoms with van der Waals surface area (Å²) in [5.74, 6) is 0.736. The molecule has 116 valence electrons. The van der Waals surface area contributed by atoms with Crippen LogP contribution in [0.1, 0.15) is 37.2 Å². The molecular formula is C14H21N3O3S. The molecule has 1 aromatic heterocycles. The fourth-order valence-electron chi connectivity index (χ4n) is 2.61. The molecule has 0 spiro atoms. The summed E-state index contributed by atoms with van der Waals surface area (Å²) in [5, 5.41) is 0. The first-order valence-electron chi connectivity index (χ1n) is 7.10. The summed E-state index contributed by atoms with van der Waals surface area (Å²) in [4.78, 5) is 22.2.